The predicted molar refractivity (Wildman–Crippen MR) is 56.5 cm³/mol. The number of hydrogen-bond donors (Lipinski definition) is 0. The first-order valence-electron chi connectivity index (χ1n) is 5.09. The van der Waals surface area contributed by atoms with Gasteiger partial charge in [-0.15, -0.1) is 10.2 Å². The Morgan fingerprint density at radius 2 is 2.07 bits per heavy atom. The van der Waals surface area contributed by atoms with Crippen molar-refractivity contribution in [3.8, 4) is 0 Å². The van der Waals surface area contributed by atoms with E-state index < -0.39 is 0 Å². The lowest BCUT2D eigenvalue weighted by Crippen LogP contribution is -2.09. The van der Waals surface area contributed by atoms with Crippen molar-refractivity contribution in [2.75, 3.05) is 0 Å². The summed E-state index contributed by atoms with van der Waals surface area (Å²) in [5, 5.41) is 12.5. The minimum atomic E-state index is 0.683. The van der Waals surface area contributed by atoms with E-state index in [9.17, 15) is 0 Å². The molecule has 15 heavy (non-hydrogen) atoms. The van der Waals surface area contributed by atoms with Crippen molar-refractivity contribution in [2.45, 2.75) is 33.9 Å². The van der Waals surface area contributed by atoms with Crippen molar-refractivity contribution in [2.24, 2.45) is 0 Å². The number of hydrogen-bond acceptors (Lipinski definition) is 3. The number of aryl methyl sites for hydroxylation is 2. The Bertz CT molecular complexity index is 454. The third-order valence-corrected chi connectivity index (χ3v) is 2.41. The third-order valence-electron chi connectivity index (χ3n) is 2.41. The molecule has 2 aromatic heterocycles. The Kier molecular flexibility index (Phi) is 2.53. The molecule has 0 aliphatic heterocycles. The maximum atomic E-state index is 4.33. The van der Waals surface area contributed by atoms with E-state index in [-0.39, 0.29) is 0 Å². The molecule has 0 aromatic carbocycles. The highest BCUT2D eigenvalue weighted by atomic mass is 15.3. The van der Waals surface area contributed by atoms with Gasteiger partial charge in [0.05, 0.1) is 5.69 Å². The van der Waals surface area contributed by atoms with Gasteiger partial charge in [0.1, 0.15) is 12.4 Å². The van der Waals surface area contributed by atoms with Crippen LogP contribution in [-0.4, -0.2) is 24.5 Å². The van der Waals surface area contributed by atoms with E-state index in [4.69, 9.17) is 0 Å². The van der Waals surface area contributed by atoms with Crippen LogP contribution < -0.4 is 0 Å². The summed E-state index contributed by atoms with van der Waals surface area (Å²) in [6, 6.07) is 1.99. The molecule has 5 nitrogen and oxygen atoms in total. The minimum Gasteiger partial charge on any atom is -0.314 e. The molecule has 2 rings (SSSR count). The summed E-state index contributed by atoms with van der Waals surface area (Å²) in [5.74, 6) is 1.91. The summed E-state index contributed by atoms with van der Waals surface area (Å²) < 4.78 is 3.97. The van der Waals surface area contributed by atoms with Crippen LogP contribution >= 0.6 is 0 Å². The highest BCUT2D eigenvalue weighted by Gasteiger charge is 2.07. The van der Waals surface area contributed by atoms with Crippen molar-refractivity contribution < 1.29 is 0 Å². The molecule has 0 bridgehead atoms. The molecule has 2 heterocycles. The average Bonchev–Trinajstić information content (AvgIpc) is 2.75. The van der Waals surface area contributed by atoms with Crippen LogP contribution in [0.15, 0.2) is 12.3 Å². The van der Waals surface area contributed by atoms with Crippen molar-refractivity contribution in [3.05, 3.63) is 29.6 Å². The second-order valence-corrected chi connectivity index (χ2v) is 3.56. The number of nitrogens with zero attached hydrogens (tertiary/aromatic N) is 5. The van der Waals surface area contributed by atoms with Gasteiger partial charge in [0.15, 0.2) is 5.82 Å². The normalized spacial score (nSPS) is 10.9. The summed E-state index contributed by atoms with van der Waals surface area (Å²) in [5.41, 5.74) is 1.02. The Hall–Kier alpha value is -1.65. The fraction of sp³-hybridized carbons (Fsp3) is 0.500. The first-order valence-corrected chi connectivity index (χ1v) is 5.09. The van der Waals surface area contributed by atoms with Gasteiger partial charge in [-0.05, 0) is 26.8 Å². The summed E-state index contributed by atoms with van der Waals surface area (Å²) in [7, 11) is 0. The molecule has 5 heteroatoms. The van der Waals surface area contributed by atoms with Crippen LogP contribution in [0.3, 0.4) is 0 Å². The molecule has 0 radical (unpaired) electrons. The van der Waals surface area contributed by atoms with Crippen LogP contribution in [0.25, 0.3) is 0 Å². The Morgan fingerprint density at radius 1 is 1.27 bits per heavy atom. The maximum absolute atomic E-state index is 4.33. The van der Waals surface area contributed by atoms with Gasteiger partial charge in [-0.25, -0.2) is 0 Å². The summed E-state index contributed by atoms with van der Waals surface area (Å²) in [6.45, 7) is 7.62. The minimum absolute atomic E-state index is 0.683. The highest BCUT2D eigenvalue weighted by Crippen LogP contribution is 2.03. The lowest BCUT2D eigenvalue weighted by Gasteiger charge is -2.04. The molecule has 0 amide bonds. The molecule has 80 valence electrons. The van der Waals surface area contributed by atoms with Crippen molar-refractivity contribution in [3.63, 3.8) is 0 Å². The maximum Gasteiger partial charge on any atom is 0.154 e. The number of rotatable bonds is 3. The second-order valence-electron chi connectivity index (χ2n) is 3.56. The van der Waals surface area contributed by atoms with Crippen LogP contribution in [0.5, 0.6) is 0 Å². The van der Waals surface area contributed by atoms with E-state index in [1.165, 1.54) is 0 Å². The molecule has 0 aliphatic rings. The summed E-state index contributed by atoms with van der Waals surface area (Å²) in [6.07, 6.45) is 1.96. The topological polar surface area (TPSA) is 48.5 Å². The smallest absolute Gasteiger partial charge is 0.154 e. The molecule has 0 saturated heterocycles. The van der Waals surface area contributed by atoms with Crippen LogP contribution in [0.4, 0.5) is 0 Å². The molecule has 0 fully saturated rings. The molecule has 2 aromatic rings. The molecule has 0 atom stereocenters. The van der Waals surface area contributed by atoms with Gasteiger partial charge >= 0.3 is 0 Å². The third kappa shape index (κ3) is 1.91. The largest absolute Gasteiger partial charge is 0.314 e. The van der Waals surface area contributed by atoms with E-state index in [1.54, 1.807) is 0 Å². The highest BCUT2D eigenvalue weighted by molar-refractivity contribution is 4.99. The molecular formula is C10H15N5. The monoisotopic (exact) mass is 205 g/mol. The lowest BCUT2D eigenvalue weighted by atomic mass is 10.5. The zero-order chi connectivity index (χ0) is 10.8. The lowest BCUT2D eigenvalue weighted by molar-refractivity contribution is 0.597. The van der Waals surface area contributed by atoms with Crippen LogP contribution in [0.1, 0.15) is 24.3 Å². The quantitative estimate of drug-likeness (QED) is 0.755. The zero-order valence-electron chi connectivity index (χ0n) is 9.30. The SMILES string of the molecule is CCn1c(C)nnc1Cn1ccc(C)n1. The molecular weight excluding hydrogens is 190 g/mol. The van der Waals surface area contributed by atoms with Crippen LogP contribution in [0, 0.1) is 13.8 Å². The van der Waals surface area contributed by atoms with E-state index in [1.807, 2.05) is 30.8 Å². The Balaban J connectivity index is 2.24. The Morgan fingerprint density at radius 3 is 2.67 bits per heavy atom. The van der Waals surface area contributed by atoms with E-state index in [0.29, 0.717) is 6.54 Å². The first-order chi connectivity index (χ1) is 7.20. The molecule has 0 spiro atoms. The number of aromatic nitrogens is 5. The fourth-order valence-corrected chi connectivity index (χ4v) is 1.65. The van der Waals surface area contributed by atoms with Crippen molar-refractivity contribution >= 4 is 0 Å². The van der Waals surface area contributed by atoms with E-state index in [0.717, 1.165) is 23.9 Å². The van der Waals surface area contributed by atoms with Gasteiger partial charge in [-0.3, -0.25) is 4.68 Å². The van der Waals surface area contributed by atoms with Crippen molar-refractivity contribution in [1.82, 2.24) is 24.5 Å². The average molecular weight is 205 g/mol. The standard InChI is InChI=1S/C10H15N5/c1-4-15-9(3)11-12-10(15)7-14-6-5-8(2)13-14/h5-6H,4,7H2,1-3H3. The van der Waals surface area contributed by atoms with Gasteiger partial charge in [0.2, 0.25) is 0 Å². The first kappa shape index (κ1) is 9.89. The fourth-order valence-electron chi connectivity index (χ4n) is 1.65. The van der Waals surface area contributed by atoms with Gasteiger partial charge in [0.25, 0.3) is 0 Å². The second kappa shape index (κ2) is 3.84. The summed E-state index contributed by atoms with van der Waals surface area (Å²) >= 11 is 0. The molecule has 0 saturated carbocycles. The zero-order valence-corrected chi connectivity index (χ0v) is 9.30. The molecule has 0 N–H and O–H groups in total. The Labute approximate surface area is 88.7 Å². The van der Waals surface area contributed by atoms with Crippen LogP contribution in [0.2, 0.25) is 0 Å². The van der Waals surface area contributed by atoms with Crippen LogP contribution in [-0.2, 0) is 13.1 Å². The predicted octanol–water partition coefficient (Wildman–Crippen LogP) is 1.16. The van der Waals surface area contributed by atoms with Gasteiger partial charge < -0.3 is 4.57 Å². The summed E-state index contributed by atoms with van der Waals surface area (Å²) in [4.78, 5) is 0. The molecule has 0 unspecified atom stereocenters. The van der Waals surface area contributed by atoms with Crippen molar-refractivity contribution in [1.29, 1.82) is 0 Å². The van der Waals surface area contributed by atoms with Gasteiger partial charge in [-0.2, -0.15) is 5.10 Å². The van der Waals surface area contributed by atoms with Gasteiger partial charge in [0, 0.05) is 12.7 Å². The molecule has 0 aliphatic carbocycles. The van der Waals surface area contributed by atoms with Gasteiger partial charge in [-0.1, -0.05) is 0 Å². The van der Waals surface area contributed by atoms with E-state index >= 15 is 0 Å². The van der Waals surface area contributed by atoms with E-state index in [2.05, 4.69) is 26.8 Å².